The van der Waals surface area contributed by atoms with Gasteiger partial charge in [0.05, 0.1) is 46.2 Å². The molecule has 5 rings (SSSR count). The molecular formula is C22H26Cl3N6O2+. The molecule has 2 aromatic rings. The van der Waals surface area contributed by atoms with Crippen molar-refractivity contribution in [2.24, 2.45) is 10.2 Å². The summed E-state index contributed by atoms with van der Waals surface area (Å²) >= 11 is 18.5. The van der Waals surface area contributed by atoms with Crippen molar-refractivity contribution in [3.63, 3.8) is 0 Å². The third kappa shape index (κ3) is 6.01. The molecule has 0 aromatic heterocycles. The fourth-order valence-corrected chi connectivity index (χ4v) is 5.18. The molecule has 0 saturated carbocycles. The number of nitro benzene ring substituents is 1. The van der Waals surface area contributed by atoms with E-state index in [0.29, 0.717) is 10.7 Å². The summed E-state index contributed by atoms with van der Waals surface area (Å²) in [5.41, 5.74) is 1.54. The molecule has 1 N–H and O–H groups in total. The van der Waals surface area contributed by atoms with Gasteiger partial charge in [-0.15, -0.1) is 10.2 Å². The number of benzene rings is 2. The first-order chi connectivity index (χ1) is 15.8. The smallest absolute Gasteiger partial charge is 0.272 e. The lowest BCUT2D eigenvalue weighted by atomic mass is 10.1. The van der Waals surface area contributed by atoms with E-state index in [2.05, 4.69) is 20.4 Å². The maximum atomic E-state index is 10.9. The van der Waals surface area contributed by atoms with E-state index in [0.717, 1.165) is 25.1 Å². The summed E-state index contributed by atoms with van der Waals surface area (Å²) < 4.78 is 1.26. The number of azo groups is 1. The summed E-state index contributed by atoms with van der Waals surface area (Å²) in [4.78, 5) is 12.9. The van der Waals surface area contributed by atoms with E-state index in [-0.39, 0.29) is 21.4 Å². The summed E-state index contributed by atoms with van der Waals surface area (Å²) in [5.74, 6) is 0. The standard InChI is InChI=1S/C22H26Cl3N6O2/c23-18-13-16(3-4-26-5-9-31-10-6-29(7-11-31)8-12-31)1-2-21(18)27-28-22-19(24)14-17(30(32)33)15-20(22)25/h1-2,13-15,26H,3-12H2/q+1. The molecule has 11 heteroatoms. The van der Waals surface area contributed by atoms with E-state index >= 15 is 0 Å². The van der Waals surface area contributed by atoms with Crippen LogP contribution in [0.1, 0.15) is 5.56 Å². The van der Waals surface area contributed by atoms with Crippen molar-refractivity contribution in [1.29, 1.82) is 0 Å². The van der Waals surface area contributed by atoms with Crippen molar-refractivity contribution in [2.75, 3.05) is 58.9 Å². The van der Waals surface area contributed by atoms with Crippen LogP contribution in [0, 0.1) is 10.1 Å². The van der Waals surface area contributed by atoms with Crippen molar-refractivity contribution in [2.45, 2.75) is 6.42 Å². The summed E-state index contributed by atoms with van der Waals surface area (Å²) in [6.45, 7) is 10.7. The van der Waals surface area contributed by atoms with Gasteiger partial charge in [-0.05, 0) is 30.7 Å². The molecule has 176 valence electrons. The number of fused-ring (bicyclic) bond motifs is 3. The summed E-state index contributed by atoms with van der Waals surface area (Å²) in [6.07, 6.45) is 0.866. The number of rotatable bonds is 9. The Labute approximate surface area is 207 Å². The van der Waals surface area contributed by atoms with Crippen LogP contribution >= 0.6 is 34.8 Å². The molecule has 2 bridgehead atoms. The van der Waals surface area contributed by atoms with Gasteiger partial charge in [-0.1, -0.05) is 40.9 Å². The molecule has 3 saturated heterocycles. The van der Waals surface area contributed by atoms with Crippen LogP contribution < -0.4 is 5.32 Å². The number of quaternary nitrogens is 1. The predicted molar refractivity (Wildman–Crippen MR) is 131 cm³/mol. The first-order valence-corrected chi connectivity index (χ1v) is 12.1. The fraction of sp³-hybridized carbons (Fsp3) is 0.455. The molecule has 3 heterocycles. The molecule has 2 aromatic carbocycles. The van der Waals surface area contributed by atoms with Crippen LogP contribution in [0.2, 0.25) is 15.1 Å². The first-order valence-electron chi connectivity index (χ1n) is 11.0. The maximum absolute atomic E-state index is 10.9. The largest absolute Gasteiger partial charge is 0.319 e. The molecular weight excluding hydrogens is 487 g/mol. The zero-order valence-corrected chi connectivity index (χ0v) is 20.4. The van der Waals surface area contributed by atoms with Crippen molar-refractivity contribution in [3.05, 3.63) is 61.1 Å². The van der Waals surface area contributed by atoms with Gasteiger partial charge in [0.15, 0.2) is 0 Å². The monoisotopic (exact) mass is 511 g/mol. The second-order valence-electron chi connectivity index (χ2n) is 8.58. The number of hydrogen-bond acceptors (Lipinski definition) is 6. The highest BCUT2D eigenvalue weighted by Crippen LogP contribution is 2.38. The zero-order valence-electron chi connectivity index (χ0n) is 18.1. The molecule has 0 spiro atoms. The molecule has 0 aliphatic carbocycles. The Bertz CT molecular complexity index is 1020. The Morgan fingerprint density at radius 3 is 2.24 bits per heavy atom. The lowest BCUT2D eigenvalue weighted by molar-refractivity contribution is -0.939. The average molecular weight is 513 g/mol. The van der Waals surface area contributed by atoms with Crippen LogP contribution in [0.3, 0.4) is 0 Å². The van der Waals surface area contributed by atoms with Crippen LogP contribution in [-0.2, 0) is 6.42 Å². The molecule has 3 aliphatic rings. The third-order valence-electron chi connectivity index (χ3n) is 6.51. The zero-order chi connectivity index (χ0) is 23.4. The molecule has 0 amide bonds. The van der Waals surface area contributed by atoms with Gasteiger partial charge in [-0.3, -0.25) is 15.0 Å². The molecule has 3 fully saturated rings. The van der Waals surface area contributed by atoms with Crippen LogP contribution in [0.4, 0.5) is 17.1 Å². The maximum Gasteiger partial charge on any atom is 0.272 e. The third-order valence-corrected chi connectivity index (χ3v) is 7.39. The van der Waals surface area contributed by atoms with Crippen molar-refractivity contribution >= 4 is 51.9 Å². The highest BCUT2D eigenvalue weighted by atomic mass is 35.5. The lowest BCUT2D eigenvalue weighted by Gasteiger charge is -2.50. The summed E-state index contributed by atoms with van der Waals surface area (Å²) in [5, 5.41) is 23.2. The van der Waals surface area contributed by atoms with E-state index in [1.54, 1.807) is 6.07 Å². The number of non-ortho nitro benzene ring substituents is 1. The Kier molecular flexibility index (Phi) is 7.83. The van der Waals surface area contributed by atoms with Crippen LogP contribution in [0.25, 0.3) is 0 Å². The van der Waals surface area contributed by atoms with E-state index in [1.165, 1.54) is 62.4 Å². The number of nitrogens with one attached hydrogen (secondary N) is 1. The minimum absolute atomic E-state index is 0.0497. The Morgan fingerprint density at radius 1 is 0.970 bits per heavy atom. The number of hydrogen-bond donors (Lipinski definition) is 1. The van der Waals surface area contributed by atoms with Crippen molar-refractivity contribution in [1.82, 2.24) is 10.2 Å². The van der Waals surface area contributed by atoms with E-state index < -0.39 is 4.92 Å². The number of halogens is 3. The predicted octanol–water partition coefficient (Wildman–Crippen LogP) is 5.25. The molecule has 0 atom stereocenters. The van der Waals surface area contributed by atoms with Gasteiger partial charge in [0.1, 0.15) is 11.4 Å². The van der Waals surface area contributed by atoms with Gasteiger partial charge < -0.3 is 9.80 Å². The molecule has 0 radical (unpaired) electrons. The Morgan fingerprint density at radius 2 is 1.64 bits per heavy atom. The van der Waals surface area contributed by atoms with Gasteiger partial charge in [-0.25, -0.2) is 0 Å². The van der Waals surface area contributed by atoms with Gasteiger partial charge in [-0.2, -0.15) is 0 Å². The second-order valence-corrected chi connectivity index (χ2v) is 9.80. The van der Waals surface area contributed by atoms with E-state index in [1.807, 2.05) is 12.1 Å². The van der Waals surface area contributed by atoms with Crippen LogP contribution in [0.15, 0.2) is 40.6 Å². The van der Waals surface area contributed by atoms with Crippen LogP contribution in [-0.4, -0.2) is 73.2 Å². The quantitative estimate of drug-likeness (QED) is 0.164. The molecule has 33 heavy (non-hydrogen) atoms. The number of piperazine rings is 3. The highest BCUT2D eigenvalue weighted by Gasteiger charge is 2.37. The lowest BCUT2D eigenvalue weighted by Crippen LogP contribution is -2.68. The highest BCUT2D eigenvalue weighted by molar-refractivity contribution is 6.39. The molecule has 8 nitrogen and oxygen atoms in total. The van der Waals surface area contributed by atoms with E-state index in [9.17, 15) is 10.1 Å². The second kappa shape index (κ2) is 10.6. The average Bonchev–Trinajstić information content (AvgIpc) is 2.80. The van der Waals surface area contributed by atoms with E-state index in [4.69, 9.17) is 34.8 Å². The summed E-state index contributed by atoms with van der Waals surface area (Å²) in [6, 6.07) is 8.01. The van der Waals surface area contributed by atoms with Gasteiger partial charge in [0.25, 0.3) is 5.69 Å². The van der Waals surface area contributed by atoms with Gasteiger partial charge >= 0.3 is 0 Å². The minimum Gasteiger partial charge on any atom is -0.319 e. The minimum atomic E-state index is -0.569. The molecule has 0 unspecified atom stereocenters. The topological polar surface area (TPSA) is 83.1 Å². The Hall–Kier alpha value is -1.81. The number of nitro groups is 1. The fourth-order valence-electron chi connectivity index (χ4n) is 4.38. The van der Waals surface area contributed by atoms with Crippen LogP contribution in [0.5, 0.6) is 0 Å². The SMILES string of the molecule is O=[N+]([O-])c1cc(Cl)c(N=Nc2ccc(CCNCC[N+]34CCN(CC3)CC4)cc2Cl)c(Cl)c1. The Balaban J connectivity index is 1.29. The summed E-state index contributed by atoms with van der Waals surface area (Å²) in [7, 11) is 0. The first kappa shape index (κ1) is 24.3. The van der Waals surface area contributed by atoms with Gasteiger partial charge in [0.2, 0.25) is 0 Å². The van der Waals surface area contributed by atoms with Crippen molar-refractivity contribution in [3.8, 4) is 0 Å². The normalized spacial score (nSPS) is 22.2. The van der Waals surface area contributed by atoms with Crippen molar-refractivity contribution < 1.29 is 9.41 Å². The number of nitrogens with zero attached hydrogens (tertiary/aromatic N) is 5. The molecule has 3 aliphatic heterocycles. The van der Waals surface area contributed by atoms with Gasteiger partial charge in [0, 0.05) is 38.3 Å².